The smallest absolute Gasteiger partial charge is 0.252 e. The van der Waals surface area contributed by atoms with Crippen molar-refractivity contribution in [3.05, 3.63) is 58.7 Å². The zero-order valence-electron chi connectivity index (χ0n) is 26.4. The van der Waals surface area contributed by atoms with Crippen LogP contribution in [0.1, 0.15) is 59.5 Å². The van der Waals surface area contributed by atoms with Gasteiger partial charge in [-0.2, -0.15) is 0 Å². The lowest BCUT2D eigenvalue weighted by Gasteiger charge is -2.29. The molecule has 2 N–H and O–H groups in total. The molecule has 4 bridgehead atoms. The molecule has 3 aromatic rings. The number of ether oxygens (including phenoxy) is 1. The minimum absolute atomic E-state index is 0.00300. The summed E-state index contributed by atoms with van der Waals surface area (Å²) in [5.41, 5.74) is 6.69. The normalized spacial score (nSPS) is 21.2. The highest BCUT2D eigenvalue weighted by atomic mass is 16.5. The fourth-order valence-electron chi connectivity index (χ4n) is 7.11. The van der Waals surface area contributed by atoms with Crippen molar-refractivity contribution in [2.24, 2.45) is 0 Å². The molecule has 3 aliphatic rings. The van der Waals surface area contributed by atoms with Crippen molar-refractivity contribution in [3.63, 3.8) is 0 Å². The topological polar surface area (TPSA) is 90.3 Å². The summed E-state index contributed by atoms with van der Waals surface area (Å²) < 4.78 is 7.90. The molecule has 3 heterocycles. The van der Waals surface area contributed by atoms with Gasteiger partial charge in [0.15, 0.2) is 0 Å². The molecule has 44 heavy (non-hydrogen) atoms. The molecular weight excluding hydrogens is 554 g/mol. The molecule has 0 spiro atoms. The van der Waals surface area contributed by atoms with E-state index in [4.69, 9.17) is 4.74 Å². The van der Waals surface area contributed by atoms with E-state index in [-0.39, 0.29) is 18.4 Å². The maximum atomic E-state index is 14.1. The number of nitrogens with one attached hydrogen (secondary N) is 1. The average Bonchev–Trinajstić information content (AvgIpc) is 3.26. The number of rotatable bonds is 3. The van der Waals surface area contributed by atoms with Crippen LogP contribution in [-0.4, -0.2) is 103 Å². The zero-order valence-corrected chi connectivity index (χ0v) is 26.4. The minimum Gasteiger partial charge on any atom is -0.497 e. The monoisotopic (exact) mass is 599 g/mol. The van der Waals surface area contributed by atoms with Gasteiger partial charge in [0.25, 0.3) is 11.8 Å². The van der Waals surface area contributed by atoms with Gasteiger partial charge in [-0.05, 0) is 80.4 Å². The van der Waals surface area contributed by atoms with Gasteiger partial charge in [-0.15, -0.1) is 0 Å². The van der Waals surface area contributed by atoms with Gasteiger partial charge in [0.05, 0.1) is 26.0 Å². The Bertz CT molecular complexity index is 1590. The molecule has 9 heteroatoms. The van der Waals surface area contributed by atoms with E-state index in [9.17, 15) is 14.7 Å². The van der Waals surface area contributed by atoms with Crippen LogP contribution in [0.3, 0.4) is 0 Å². The molecule has 1 atom stereocenters. The lowest BCUT2D eigenvalue weighted by molar-refractivity contribution is -0.126. The number of methoxy groups -OCH3 is 1. The van der Waals surface area contributed by atoms with E-state index in [0.29, 0.717) is 43.2 Å². The summed E-state index contributed by atoms with van der Waals surface area (Å²) in [4.78, 5) is 33.7. The molecule has 2 aromatic carbocycles. The third kappa shape index (κ3) is 5.76. The summed E-state index contributed by atoms with van der Waals surface area (Å²) in [5, 5.41) is 14.4. The third-order valence-electron chi connectivity index (χ3n) is 9.83. The van der Waals surface area contributed by atoms with Crippen LogP contribution < -0.4 is 10.1 Å². The number of carbonyl (C=O) groups excluding carboxylic acids is 2. The number of hydrogen-bond acceptors (Lipinski definition) is 6. The van der Waals surface area contributed by atoms with E-state index in [0.717, 1.165) is 52.9 Å². The number of carbonyl (C=O) groups is 2. The Labute approximate surface area is 260 Å². The minimum atomic E-state index is -0.509. The van der Waals surface area contributed by atoms with Crippen molar-refractivity contribution in [2.75, 3.05) is 61.0 Å². The molecule has 1 unspecified atom stereocenters. The van der Waals surface area contributed by atoms with Crippen LogP contribution in [0, 0.1) is 0 Å². The van der Waals surface area contributed by atoms with Crippen molar-refractivity contribution < 1.29 is 19.4 Å². The fourth-order valence-corrected chi connectivity index (χ4v) is 7.11. The van der Waals surface area contributed by atoms with Crippen LogP contribution in [0.4, 0.5) is 0 Å². The highest BCUT2D eigenvalue weighted by Gasteiger charge is 2.31. The van der Waals surface area contributed by atoms with Crippen LogP contribution in [0.25, 0.3) is 28.2 Å². The lowest BCUT2D eigenvalue weighted by atomic mass is 9.81. The fraction of sp³-hybridized carbons (Fsp3) is 0.486. The molecule has 1 fully saturated rings. The summed E-state index contributed by atoms with van der Waals surface area (Å²) in [6.07, 6.45) is 7.43. The van der Waals surface area contributed by atoms with Gasteiger partial charge in [0.2, 0.25) is 0 Å². The molecule has 0 saturated heterocycles. The molecule has 1 saturated carbocycles. The Balaban J connectivity index is 1.58. The Morgan fingerprint density at radius 3 is 2.48 bits per heavy atom. The summed E-state index contributed by atoms with van der Waals surface area (Å²) in [5.74, 6) is 0.924. The average molecular weight is 600 g/mol. The molecule has 9 nitrogen and oxygen atoms in total. The second-order valence-corrected chi connectivity index (χ2v) is 12.7. The molecule has 1 aromatic heterocycles. The molecule has 0 radical (unpaired) electrons. The molecular formula is C35H45N5O4. The predicted molar refractivity (Wildman–Crippen MR) is 174 cm³/mol. The number of hydrogen-bond donors (Lipinski definition) is 2. The van der Waals surface area contributed by atoms with Crippen LogP contribution in [0.15, 0.2) is 42.0 Å². The van der Waals surface area contributed by atoms with Crippen LogP contribution in [-0.2, 0) is 11.3 Å². The predicted octanol–water partition coefficient (Wildman–Crippen LogP) is 4.15. The Hall–Kier alpha value is -3.66. The largest absolute Gasteiger partial charge is 0.497 e. The van der Waals surface area contributed by atoms with Gasteiger partial charge in [0.1, 0.15) is 11.9 Å². The van der Waals surface area contributed by atoms with Crippen molar-refractivity contribution in [1.29, 1.82) is 0 Å². The first-order valence-electron chi connectivity index (χ1n) is 15.9. The third-order valence-corrected chi connectivity index (χ3v) is 9.83. The summed E-state index contributed by atoms with van der Waals surface area (Å²) in [7, 11) is 7.48. The number of fused-ring (bicyclic) bond motifs is 4. The molecule has 234 valence electrons. The van der Waals surface area contributed by atoms with E-state index < -0.39 is 6.17 Å². The van der Waals surface area contributed by atoms with Crippen LogP contribution in [0.2, 0.25) is 0 Å². The molecule has 6 rings (SSSR count). The number of nitrogens with zero attached hydrogens (tertiary/aromatic N) is 4. The Morgan fingerprint density at radius 1 is 0.955 bits per heavy atom. The SMILES string of the molecule is COc1ccc2c(c1)C=C1Cn3c-2c(C2CCCCC2)c2ccc(cc23)C(=O)NC(CO)N(C)CCN(C)CCN(C)C1=O. The van der Waals surface area contributed by atoms with Crippen molar-refractivity contribution >= 4 is 28.8 Å². The number of aromatic nitrogens is 1. The quantitative estimate of drug-likeness (QED) is 0.471. The van der Waals surface area contributed by atoms with E-state index in [1.165, 1.54) is 24.8 Å². The van der Waals surface area contributed by atoms with Crippen LogP contribution >= 0.6 is 0 Å². The van der Waals surface area contributed by atoms with E-state index in [2.05, 4.69) is 26.9 Å². The Kier molecular flexibility index (Phi) is 8.80. The number of amides is 2. The lowest BCUT2D eigenvalue weighted by Crippen LogP contribution is -2.50. The van der Waals surface area contributed by atoms with Crippen molar-refractivity contribution in [2.45, 2.75) is 50.7 Å². The number of aliphatic hydroxyl groups excluding tert-OH is 1. The number of likely N-dealkylation sites (N-methyl/N-ethyl adjacent to an activating group) is 3. The van der Waals surface area contributed by atoms with Gasteiger partial charge in [0, 0.05) is 60.8 Å². The van der Waals surface area contributed by atoms with E-state index in [1.807, 2.05) is 61.3 Å². The van der Waals surface area contributed by atoms with Gasteiger partial charge < -0.3 is 29.5 Å². The summed E-state index contributed by atoms with van der Waals surface area (Å²) in [6.45, 7) is 2.88. The Morgan fingerprint density at radius 2 is 1.73 bits per heavy atom. The standard InChI is InChI=1S/C35H45N5O4/c1-37-14-16-38(2)31(22-41)36-34(42)24-10-12-29-30(20-24)40-21-26(35(43)39(3)17-15-37)18-25-19-27(44-4)11-13-28(25)33(40)32(29)23-8-6-5-7-9-23/h10-13,18-20,23,31,41H,5-9,14-17,21-22H2,1-4H3,(H,36,42). The van der Waals surface area contributed by atoms with E-state index >= 15 is 0 Å². The number of aliphatic hydroxyl groups is 1. The van der Waals surface area contributed by atoms with Gasteiger partial charge >= 0.3 is 0 Å². The van der Waals surface area contributed by atoms with Gasteiger partial charge in [-0.1, -0.05) is 25.3 Å². The second kappa shape index (κ2) is 12.8. The highest BCUT2D eigenvalue weighted by Crippen LogP contribution is 2.47. The van der Waals surface area contributed by atoms with Crippen molar-refractivity contribution in [1.82, 2.24) is 24.6 Å². The first-order chi connectivity index (χ1) is 21.3. The first-order valence-corrected chi connectivity index (χ1v) is 15.9. The molecule has 1 aliphatic carbocycles. The van der Waals surface area contributed by atoms with Crippen molar-refractivity contribution in [3.8, 4) is 17.0 Å². The van der Waals surface area contributed by atoms with Gasteiger partial charge in [-0.3, -0.25) is 14.5 Å². The number of benzene rings is 2. The summed E-state index contributed by atoms with van der Waals surface area (Å²) >= 11 is 0. The van der Waals surface area contributed by atoms with Crippen LogP contribution in [0.5, 0.6) is 5.75 Å². The summed E-state index contributed by atoms with van der Waals surface area (Å²) in [6, 6.07) is 12.1. The first kappa shape index (κ1) is 30.4. The second-order valence-electron chi connectivity index (χ2n) is 12.7. The molecule has 2 aliphatic heterocycles. The zero-order chi connectivity index (χ0) is 31.0. The maximum absolute atomic E-state index is 14.1. The highest BCUT2D eigenvalue weighted by molar-refractivity contribution is 6.04. The van der Waals surface area contributed by atoms with E-state index in [1.54, 1.807) is 7.11 Å². The molecule has 2 amide bonds. The maximum Gasteiger partial charge on any atom is 0.252 e. The van der Waals surface area contributed by atoms with Gasteiger partial charge in [-0.25, -0.2) is 0 Å².